The molecule has 0 heterocycles. The summed E-state index contributed by atoms with van der Waals surface area (Å²) in [5, 5.41) is 0. The van der Waals surface area contributed by atoms with Crippen LogP contribution in [0.3, 0.4) is 0 Å². The zero-order valence-electron chi connectivity index (χ0n) is 13.5. The first-order valence-electron chi connectivity index (χ1n) is 7.63. The van der Waals surface area contributed by atoms with Gasteiger partial charge >= 0.3 is 8.56 Å². The summed E-state index contributed by atoms with van der Waals surface area (Å²) >= 11 is 3.57. The van der Waals surface area contributed by atoms with Gasteiger partial charge in [0.15, 0.2) is 0 Å². The highest BCUT2D eigenvalue weighted by molar-refractivity contribution is 9.10. The smallest absolute Gasteiger partial charge is 0.465 e. The first-order chi connectivity index (χ1) is 10.5. The predicted octanol–water partition coefficient (Wildman–Crippen LogP) is 6.17. The van der Waals surface area contributed by atoms with Crippen LogP contribution < -0.4 is 8.85 Å². The number of hydrogen-bond donors (Lipinski definition) is 0. The van der Waals surface area contributed by atoms with Crippen molar-refractivity contribution >= 4 is 24.5 Å². The summed E-state index contributed by atoms with van der Waals surface area (Å²) in [4.78, 5) is 0. The lowest BCUT2D eigenvalue weighted by Crippen LogP contribution is -2.54. The van der Waals surface area contributed by atoms with Crippen LogP contribution in [0, 0.1) is 0 Å². The molecule has 2 nitrogen and oxygen atoms in total. The molecule has 0 aliphatic heterocycles. The highest BCUT2D eigenvalue weighted by Gasteiger charge is 2.49. The van der Waals surface area contributed by atoms with Gasteiger partial charge in [0.1, 0.15) is 11.5 Å². The highest BCUT2D eigenvalue weighted by Crippen LogP contribution is 2.38. The van der Waals surface area contributed by atoms with Gasteiger partial charge in [-0.2, -0.15) is 0 Å². The fourth-order valence-electron chi connectivity index (χ4n) is 2.53. The van der Waals surface area contributed by atoms with Crippen molar-refractivity contribution in [2.24, 2.45) is 0 Å². The van der Waals surface area contributed by atoms with Crippen molar-refractivity contribution in [2.75, 3.05) is 0 Å². The Labute approximate surface area is 142 Å². The molecule has 0 aromatic heterocycles. The van der Waals surface area contributed by atoms with Crippen LogP contribution in [0.1, 0.15) is 27.7 Å². The minimum absolute atomic E-state index is 0.319. The summed E-state index contributed by atoms with van der Waals surface area (Å²) in [6, 6.07) is 17.9. The zero-order chi connectivity index (χ0) is 16.2. The molecule has 2 rings (SSSR count). The van der Waals surface area contributed by atoms with Crippen molar-refractivity contribution in [1.82, 2.24) is 0 Å². The Morgan fingerprint density at radius 1 is 0.773 bits per heavy atom. The van der Waals surface area contributed by atoms with Crippen LogP contribution in [-0.2, 0) is 0 Å². The lowest BCUT2D eigenvalue weighted by atomic mass is 10.3. The van der Waals surface area contributed by atoms with E-state index in [0.29, 0.717) is 11.1 Å². The number of hydrogen-bond acceptors (Lipinski definition) is 2. The maximum absolute atomic E-state index is 6.53. The average molecular weight is 379 g/mol. The van der Waals surface area contributed by atoms with Crippen LogP contribution in [0.5, 0.6) is 11.5 Å². The first kappa shape index (κ1) is 17.1. The summed E-state index contributed by atoms with van der Waals surface area (Å²) < 4.78 is 14.0. The minimum atomic E-state index is -2.49. The number of para-hydroxylation sites is 2. The molecule has 0 aliphatic rings. The number of halogens is 1. The van der Waals surface area contributed by atoms with E-state index in [1.165, 1.54) is 0 Å². The van der Waals surface area contributed by atoms with Gasteiger partial charge in [-0.3, -0.25) is 0 Å². The molecule has 0 fully saturated rings. The van der Waals surface area contributed by atoms with Gasteiger partial charge in [0, 0.05) is 11.1 Å². The normalized spacial score (nSPS) is 11.8. The Morgan fingerprint density at radius 3 is 1.86 bits per heavy atom. The first-order valence-corrected chi connectivity index (χ1v) is 10.4. The van der Waals surface area contributed by atoms with Gasteiger partial charge < -0.3 is 8.85 Å². The topological polar surface area (TPSA) is 18.5 Å². The third kappa shape index (κ3) is 3.73. The van der Waals surface area contributed by atoms with Gasteiger partial charge in [-0.25, -0.2) is 0 Å². The lowest BCUT2D eigenvalue weighted by molar-refractivity contribution is 0.349. The molecule has 118 valence electrons. The summed E-state index contributed by atoms with van der Waals surface area (Å²) in [5.41, 5.74) is 0.639. The third-order valence-corrected chi connectivity index (χ3v) is 8.70. The molecule has 4 heteroatoms. The molecular formula is C18H23BrO2Si. The largest absolute Gasteiger partial charge is 0.512 e. The van der Waals surface area contributed by atoms with Gasteiger partial charge in [0.25, 0.3) is 0 Å². The predicted molar refractivity (Wildman–Crippen MR) is 97.8 cm³/mol. The van der Waals surface area contributed by atoms with Crippen molar-refractivity contribution in [3.63, 3.8) is 0 Å². The quantitative estimate of drug-likeness (QED) is 0.559. The fraction of sp³-hybridized carbons (Fsp3) is 0.333. The second-order valence-electron chi connectivity index (χ2n) is 5.98. The summed E-state index contributed by atoms with van der Waals surface area (Å²) in [6.07, 6.45) is 0. The highest BCUT2D eigenvalue weighted by atomic mass is 79.9. The third-order valence-electron chi connectivity index (χ3n) is 3.74. The maximum Gasteiger partial charge on any atom is 0.465 e. The van der Waals surface area contributed by atoms with Crippen LogP contribution in [0.4, 0.5) is 0 Å². The molecule has 0 aliphatic carbocycles. The Hall–Kier alpha value is -1.26. The van der Waals surface area contributed by atoms with Crippen molar-refractivity contribution in [3.05, 3.63) is 59.1 Å². The lowest BCUT2D eigenvalue weighted by Gasteiger charge is -2.37. The Bertz CT molecular complexity index is 591. The number of benzene rings is 2. The molecule has 0 amide bonds. The van der Waals surface area contributed by atoms with Crippen LogP contribution >= 0.6 is 15.9 Å². The van der Waals surface area contributed by atoms with Gasteiger partial charge in [-0.05, 0) is 40.2 Å². The van der Waals surface area contributed by atoms with Gasteiger partial charge in [0.05, 0.1) is 4.47 Å². The molecule has 0 saturated carbocycles. The van der Waals surface area contributed by atoms with E-state index >= 15 is 0 Å². The summed E-state index contributed by atoms with van der Waals surface area (Å²) in [5.74, 6) is 1.73. The van der Waals surface area contributed by atoms with Crippen molar-refractivity contribution in [3.8, 4) is 11.5 Å². The second kappa shape index (κ2) is 7.33. The molecule has 0 radical (unpaired) electrons. The SMILES string of the molecule is CC(C)[Si](Oc1ccccc1)(Oc1ccccc1Br)C(C)C. The standard InChI is InChI=1S/C18H23BrO2Si/c1-14(2)22(15(3)4,20-16-10-6-5-7-11-16)21-18-13-9-8-12-17(18)19/h5-15H,1-4H3. The molecule has 0 N–H and O–H groups in total. The van der Waals surface area contributed by atoms with E-state index in [1.807, 2.05) is 54.6 Å². The van der Waals surface area contributed by atoms with E-state index in [0.717, 1.165) is 16.0 Å². The molecule has 2 aromatic carbocycles. The maximum atomic E-state index is 6.53. The van der Waals surface area contributed by atoms with Crippen LogP contribution in [0.2, 0.25) is 11.1 Å². The van der Waals surface area contributed by atoms with Crippen molar-refractivity contribution in [1.29, 1.82) is 0 Å². The Kier molecular flexibility index (Phi) is 5.70. The van der Waals surface area contributed by atoms with Gasteiger partial charge in [-0.1, -0.05) is 58.0 Å². The molecule has 0 saturated heterocycles. The van der Waals surface area contributed by atoms with E-state index in [-0.39, 0.29) is 0 Å². The van der Waals surface area contributed by atoms with E-state index in [1.54, 1.807) is 0 Å². The van der Waals surface area contributed by atoms with E-state index in [2.05, 4.69) is 43.6 Å². The molecule has 22 heavy (non-hydrogen) atoms. The summed E-state index contributed by atoms with van der Waals surface area (Å²) in [7, 11) is -2.49. The molecule has 0 spiro atoms. The molecule has 2 aromatic rings. The number of rotatable bonds is 6. The fourth-order valence-corrected chi connectivity index (χ4v) is 6.39. The Morgan fingerprint density at radius 2 is 1.32 bits per heavy atom. The van der Waals surface area contributed by atoms with Crippen molar-refractivity contribution in [2.45, 2.75) is 38.8 Å². The zero-order valence-corrected chi connectivity index (χ0v) is 16.1. The van der Waals surface area contributed by atoms with E-state index in [9.17, 15) is 0 Å². The summed E-state index contributed by atoms with van der Waals surface area (Å²) in [6.45, 7) is 8.75. The molecule has 0 bridgehead atoms. The monoisotopic (exact) mass is 378 g/mol. The molecular weight excluding hydrogens is 356 g/mol. The second-order valence-corrected chi connectivity index (χ2v) is 11.0. The van der Waals surface area contributed by atoms with Crippen LogP contribution in [0.25, 0.3) is 0 Å². The van der Waals surface area contributed by atoms with E-state index < -0.39 is 8.56 Å². The van der Waals surface area contributed by atoms with Crippen molar-refractivity contribution < 1.29 is 8.85 Å². The van der Waals surface area contributed by atoms with E-state index in [4.69, 9.17) is 8.85 Å². The average Bonchev–Trinajstić information content (AvgIpc) is 2.49. The van der Waals surface area contributed by atoms with Gasteiger partial charge in [0.2, 0.25) is 0 Å². The molecule has 0 atom stereocenters. The van der Waals surface area contributed by atoms with Gasteiger partial charge in [-0.15, -0.1) is 0 Å². The van der Waals surface area contributed by atoms with Crippen LogP contribution in [0.15, 0.2) is 59.1 Å². The minimum Gasteiger partial charge on any atom is -0.512 e. The molecule has 0 unspecified atom stereocenters. The Balaban J connectivity index is 2.39. The van der Waals surface area contributed by atoms with Crippen LogP contribution in [-0.4, -0.2) is 8.56 Å².